The van der Waals surface area contributed by atoms with E-state index in [-0.39, 0.29) is 0 Å². The van der Waals surface area contributed by atoms with E-state index < -0.39 is 0 Å². The van der Waals surface area contributed by atoms with Gasteiger partial charge in [-0.25, -0.2) is 0 Å². The zero-order chi connectivity index (χ0) is 12.9. The zero-order valence-electron chi connectivity index (χ0n) is 12.0. The molecule has 17 heavy (non-hydrogen) atoms. The van der Waals surface area contributed by atoms with Crippen molar-refractivity contribution in [3.05, 3.63) is 0 Å². The molecule has 0 aromatic rings. The van der Waals surface area contributed by atoms with Crippen LogP contribution in [0.3, 0.4) is 0 Å². The largest absolute Gasteiger partial charge is 0.381 e. The lowest BCUT2D eigenvalue weighted by molar-refractivity contribution is 0.0172. The van der Waals surface area contributed by atoms with Crippen molar-refractivity contribution in [2.24, 2.45) is 10.4 Å². The Morgan fingerprint density at radius 1 is 1.12 bits per heavy atom. The van der Waals surface area contributed by atoms with Gasteiger partial charge in [0.2, 0.25) is 0 Å². The number of aliphatic imine (C=N–C) groups is 1. The van der Waals surface area contributed by atoms with Crippen LogP contribution < -0.4 is 0 Å². The van der Waals surface area contributed by atoms with Crippen LogP contribution in [-0.2, 0) is 4.74 Å². The van der Waals surface area contributed by atoms with E-state index in [1.165, 1.54) is 6.42 Å². The van der Waals surface area contributed by atoms with E-state index in [9.17, 15) is 0 Å². The van der Waals surface area contributed by atoms with Gasteiger partial charge in [0, 0.05) is 47.9 Å². The van der Waals surface area contributed by atoms with Crippen molar-refractivity contribution in [2.75, 3.05) is 47.9 Å². The van der Waals surface area contributed by atoms with Crippen LogP contribution in [0.5, 0.6) is 0 Å². The molecule has 1 rings (SSSR count). The highest BCUT2D eigenvalue weighted by atomic mass is 16.5. The Hall–Kier alpha value is -0.770. The number of guanidine groups is 1. The fourth-order valence-electron chi connectivity index (χ4n) is 2.35. The molecule has 0 spiro atoms. The van der Waals surface area contributed by atoms with Gasteiger partial charge in [-0.2, -0.15) is 0 Å². The molecule has 1 aliphatic rings. The molecule has 0 bridgehead atoms. The van der Waals surface area contributed by atoms with Crippen molar-refractivity contribution in [1.82, 2.24) is 9.80 Å². The second-order valence-corrected chi connectivity index (χ2v) is 5.37. The lowest BCUT2D eigenvalue weighted by Crippen LogP contribution is -2.38. The molecule has 0 amide bonds. The average molecular weight is 241 g/mol. The van der Waals surface area contributed by atoms with E-state index in [0.29, 0.717) is 5.41 Å². The van der Waals surface area contributed by atoms with E-state index >= 15 is 0 Å². The number of rotatable bonds is 3. The van der Waals surface area contributed by atoms with Gasteiger partial charge in [0.25, 0.3) is 0 Å². The predicted octanol–water partition coefficient (Wildman–Crippen LogP) is 1.67. The smallest absolute Gasteiger partial charge is 0.195 e. The maximum absolute atomic E-state index is 5.46. The minimum atomic E-state index is 0.357. The molecule has 0 unspecified atom stereocenters. The summed E-state index contributed by atoms with van der Waals surface area (Å²) in [4.78, 5) is 8.95. The van der Waals surface area contributed by atoms with Crippen LogP contribution in [0.15, 0.2) is 4.99 Å². The second-order valence-electron chi connectivity index (χ2n) is 5.37. The Morgan fingerprint density at radius 3 is 2.06 bits per heavy atom. The zero-order valence-corrected chi connectivity index (χ0v) is 12.0. The van der Waals surface area contributed by atoms with Crippen molar-refractivity contribution >= 4 is 5.96 Å². The van der Waals surface area contributed by atoms with E-state index in [4.69, 9.17) is 9.73 Å². The minimum absolute atomic E-state index is 0.357. The predicted molar refractivity (Wildman–Crippen MR) is 72.5 cm³/mol. The van der Waals surface area contributed by atoms with Gasteiger partial charge in [-0.05, 0) is 24.7 Å². The molecule has 100 valence electrons. The molecule has 1 aliphatic heterocycles. The molecule has 0 aromatic carbocycles. The Bertz CT molecular complexity index is 245. The van der Waals surface area contributed by atoms with Crippen LogP contribution in [0.25, 0.3) is 0 Å². The first-order valence-electron chi connectivity index (χ1n) is 6.47. The second kappa shape index (κ2) is 6.24. The van der Waals surface area contributed by atoms with Crippen LogP contribution in [-0.4, -0.2) is 63.7 Å². The average Bonchev–Trinajstić information content (AvgIpc) is 2.29. The minimum Gasteiger partial charge on any atom is -0.381 e. The van der Waals surface area contributed by atoms with Crippen molar-refractivity contribution in [3.63, 3.8) is 0 Å². The van der Waals surface area contributed by atoms with Gasteiger partial charge in [0.15, 0.2) is 5.96 Å². The van der Waals surface area contributed by atoms with Crippen LogP contribution in [0.2, 0.25) is 0 Å². The molecule has 1 heterocycles. The SMILES string of the molecule is CCC1(CN=C(N(C)C)N(C)C)CCOCC1. The molecular formula is C13H27N3O. The fraction of sp³-hybridized carbons (Fsp3) is 0.923. The van der Waals surface area contributed by atoms with Crippen LogP contribution >= 0.6 is 0 Å². The first-order chi connectivity index (χ1) is 8.01. The third-order valence-corrected chi connectivity index (χ3v) is 3.66. The Labute approximate surface area is 106 Å². The first-order valence-corrected chi connectivity index (χ1v) is 6.47. The number of hydrogen-bond acceptors (Lipinski definition) is 2. The van der Waals surface area contributed by atoms with Crippen LogP contribution in [0.4, 0.5) is 0 Å². The lowest BCUT2D eigenvalue weighted by atomic mass is 9.78. The monoisotopic (exact) mass is 241 g/mol. The summed E-state index contributed by atoms with van der Waals surface area (Å²) in [7, 11) is 8.17. The maximum atomic E-state index is 5.46. The van der Waals surface area contributed by atoms with Gasteiger partial charge in [0.05, 0.1) is 0 Å². The summed E-state index contributed by atoms with van der Waals surface area (Å²) in [6.07, 6.45) is 3.47. The molecule has 1 fully saturated rings. The molecular weight excluding hydrogens is 214 g/mol. The summed E-state index contributed by atoms with van der Waals surface area (Å²) in [6, 6.07) is 0. The maximum Gasteiger partial charge on any atom is 0.195 e. The summed E-state index contributed by atoms with van der Waals surface area (Å²) >= 11 is 0. The molecule has 0 aliphatic carbocycles. The Balaban J connectivity index is 2.70. The van der Waals surface area contributed by atoms with Gasteiger partial charge in [0.1, 0.15) is 0 Å². The summed E-state index contributed by atoms with van der Waals surface area (Å²) in [5.74, 6) is 1.05. The molecule has 4 heteroatoms. The highest BCUT2D eigenvalue weighted by molar-refractivity contribution is 5.79. The van der Waals surface area contributed by atoms with E-state index in [1.54, 1.807) is 0 Å². The third-order valence-electron chi connectivity index (χ3n) is 3.66. The van der Waals surface area contributed by atoms with E-state index in [0.717, 1.165) is 38.6 Å². The topological polar surface area (TPSA) is 28.1 Å². The van der Waals surface area contributed by atoms with E-state index in [2.05, 4.69) is 16.7 Å². The van der Waals surface area contributed by atoms with Gasteiger partial charge >= 0.3 is 0 Å². The summed E-state index contributed by atoms with van der Waals surface area (Å²) in [6.45, 7) is 4.97. The Kier molecular flexibility index (Phi) is 5.25. The van der Waals surface area contributed by atoms with Crippen molar-refractivity contribution in [3.8, 4) is 0 Å². The highest BCUT2D eigenvalue weighted by Gasteiger charge is 2.30. The highest BCUT2D eigenvalue weighted by Crippen LogP contribution is 2.34. The van der Waals surface area contributed by atoms with Gasteiger partial charge in [-0.3, -0.25) is 4.99 Å². The first kappa shape index (κ1) is 14.3. The van der Waals surface area contributed by atoms with Gasteiger partial charge < -0.3 is 14.5 Å². The van der Waals surface area contributed by atoms with E-state index in [1.807, 2.05) is 28.2 Å². The number of hydrogen-bond donors (Lipinski definition) is 0. The van der Waals surface area contributed by atoms with Crippen LogP contribution in [0.1, 0.15) is 26.2 Å². The molecule has 0 saturated carbocycles. The molecule has 4 nitrogen and oxygen atoms in total. The quantitative estimate of drug-likeness (QED) is 0.556. The lowest BCUT2D eigenvalue weighted by Gasteiger charge is -2.35. The van der Waals surface area contributed by atoms with Gasteiger partial charge in [-0.1, -0.05) is 6.92 Å². The summed E-state index contributed by atoms with van der Waals surface area (Å²) < 4.78 is 5.46. The molecule has 0 N–H and O–H groups in total. The standard InChI is InChI=1S/C13H27N3O/c1-6-13(7-9-17-10-8-13)11-14-12(15(2)3)16(4)5/h6-11H2,1-5H3. The molecule has 0 radical (unpaired) electrons. The number of ether oxygens (including phenoxy) is 1. The normalized spacial score (nSPS) is 18.6. The van der Waals surface area contributed by atoms with Crippen LogP contribution in [0, 0.1) is 5.41 Å². The van der Waals surface area contributed by atoms with Crippen molar-refractivity contribution in [1.29, 1.82) is 0 Å². The number of nitrogens with zero attached hydrogens (tertiary/aromatic N) is 3. The van der Waals surface area contributed by atoms with Gasteiger partial charge in [-0.15, -0.1) is 0 Å². The molecule has 0 aromatic heterocycles. The van der Waals surface area contributed by atoms with Crippen molar-refractivity contribution < 1.29 is 4.74 Å². The van der Waals surface area contributed by atoms with Crippen molar-refractivity contribution in [2.45, 2.75) is 26.2 Å². The molecule has 1 saturated heterocycles. The third kappa shape index (κ3) is 3.87. The molecule has 0 atom stereocenters. The summed E-state index contributed by atoms with van der Waals surface area (Å²) in [5.41, 5.74) is 0.357. The fourth-order valence-corrected chi connectivity index (χ4v) is 2.35. The summed E-state index contributed by atoms with van der Waals surface area (Å²) in [5, 5.41) is 0. The Morgan fingerprint density at radius 2 is 1.65 bits per heavy atom.